The van der Waals surface area contributed by atoms with Crippen molar-refractivity contribution in [2.45, 2.75) is 18.2 Å². The third-order valence-electron chi connectivity index (χ3n) is 2.66. The summed E-state index contributed by atoms with van der Waals surface area (Å²) in [5.41, 5.74) is 9.20. The minimum absolute atomic E-state index is 0.827. The van der Waals surface area contributed by atoms with Crippen LogP contribution in [0, 0.1) is 6.92 Å². The highest BCUT2D eigenvalue weighted by molar-refractivity contribution is 7.99. The summed E-state index contributed by atoms with van der Waals surface area (Å²) in [4.78, 5) is 1.28. The van der Waals surface area contributed by atoms with Gasteiger partial charge in [-0.1, -0.05) is 29.8 Å². The monoisotopic (exact) mass is 243 g/mol. The normalized spacial score (nSPS) is 10.4. The summed E-state index contributed by atoms with van der Waals surface area (Å²) in [5, 5.41) is 0. The van der Waals surface area contributed by atoms with E-state index in [9.17, 15) is 0 Å². The molecule has 0 atom stereocenters. The molecule has 0 spiro atoms. The first-order chi connectivity index (χ1) is 8.24. The predicted octanol–water partition coefficient (Wildman–Crippen LogP) is 3.91. The smallest absolute Gasteiger partial charge is 0.0314 e. The number of rotatable bonds is 4. The van der Waals surface area contributed by atoms with Crippen LogP contribution in [0.2, 0.25) is 0 Å². The molecule has 0 fully saturated rings. The Labute approximate surface area is 107 Å². The number of aryl methyl sites for hydroxylation is 2. The van der Waals surface area contributed by atoms with Gasteiger partial charge in [0.05, 0.1) is 0 Å². The van der Waals surface area contributed by atoms with Crippen molar-refractivity contribution in [2.75, 3.05) is 11.5 Å². The van der Waals surface area contributed by atoms with Crippen molar-refractivity contribution in [3.63, 3.8) is 0 Å². The van der Waals surface area contributed by atoms with E-state index in [0.717, 1.165) is 17.9 Å². The maximum Gasteiger partial charge on any atom is 0.0314 e. The van der Waals surface area contributed by atoms with Crippen LogP contribution in [-0.4, -0.2) is 5.75 Å². The highest BCUT2D eigenvalue weighted by Gasteiger charge is 1.96. The maximum absolute atomic E-state index is 5.65. The Morgan fingerprint density at radius 2 is 1.59 bits per heavy atom. The third-order valence-corrected chi connectivity index (χ3v) is 3.67. The first-order valence-electron chi connectivity index (χ1n) is 5.78. The standard InChI is InChI=1S/C15H17NS/c1-12-2-4-13(5-3-12)10-11-17-15-8-6-14(16)7-9-15/h2-9H,10-11,16H2,1H3. The lowest BCUT2D eigenvalue weighted by Gasteiger charge is -2.03. The fourth-order valence-corrected chi connectivity index (χ4v) is 2.51. The minimum atomic E-state index is 0.827. The van der Waals surface area contributed by atoms with Crippen molar-refractivity contribution < 1.29 is 0 Å². The Bertz CT molecular complexity index is 414. The Hall–Kier alpha value is -1.41. The average Bonchev–Trinajstić information content (AvgIpc) is 2.34. The molecular weight excluding hydrogens is 226 g/mol. The first kappa shape index (κ1) is 12.1. The maximum atomic E-state index is 5.65. The number of thioether (sulfide) groups is 1. The lowest BCUT2D eigenvalue weighted by atomic mass is 10.1. The Kier molecular flexibility index (Phi) is 4.10. The third kappa shape index (κ3) is 3.82. The molecule has 0 saturated heterocycles. The highest BCUT2D eigenvalue weighted by Crippen LogP contribution is 2.20. The van der Waals surface area contributed by atoms with Gasteiger partial charge in [-0.05, 0) is 43.2 Å². The molecule has 1 nitrogen and oxygen atoms in total. The van der Waals surface area contributed by atoms with Crippen LogP contribution in [0.4, 0.5) is 5.69 Å². The van der Waals surface area contributed by atoms with Crippen LogP contribution in [0.3, 0.4) is 0 Å². The lowest BCUT2D eigenvalue weighted by Crippen LogP contribution is -1.89. The molecule has 0 aliphatic rings. The molecule has 0 amide bonds. The van der Waals surface area contributed by atoms with Gasteiger partial charge in [0.15, 0.2) is 0 Å². The summed E-state index contributed by atoms with van der Waals surface area (Å²) in [5.74, 6) is 1.10. The molecule has 0 heterocycles. The molecule has 0 bridgehead atoms. The van der Waals surface area contributed by atoms with Gasteiger partial charge >= 0.3 is 0 Å². The van der Waals surface area contributed by atoms with E-state index < -0.39 is 0 Å². The van der Waals surface area contributed by atoms with Crippen molar-refractivity contribution in [2.24, 2.45) is 0 Å². The largest absolute Gasteiger partial charge is 0.399 e. The number of benzene rings is 2. The van der Waals surface area contributed by atoms with Crippen molar-refractivity contribution in [1.29, 1.82) is 0 Å². The first-order valence-corrected chi connectivity index (χ1v) is 6.76. The molecule has 2 aromatic rings. The van der Waals surface area contributed by atoms with Gasteiger partial charge < -0.3 is 5.73 Å². The van der Waals surface area contributed by atoms with Gasteiger partial charge in [0.25, 0.3) is 0 Å². The van der Waals surface area contributed by atoms with Crippen LogP contribution in [0.15, 0.2) is 53.4 Å². The van der Waals surface area contributed by atoms with E-state index in [1.165, 1.54) is 16.0 Å². The van der Waals surface area contributed by atoms with Gasteiger partial charge in [-0.15, -0.1) is 11.8 Å². The molecule has 17 heavy (non-hydrogen) atoms. The summed E-state index contributed by atoms with van der Waals surface area (Å²) in [7, 11) is 0. The molecule has 88 valence electrons. The lowest BCUT2D eigenvalue weighted by molar-refractivity contribution is 1.15. The molecule has 0 unspecified atom stereocenters. The number of hydrogen-bond acceptors (Lipinski definition) is 2. The van der Waals surface area contributed by atoms with E-state index in [1.807, 2.05) is 23.9 Å². The highest BCUT2D eigenvalue weighted by atomic mass is 32.2. The fourth-order valence-electron chi connectivity index (χ4n) is 1.61. The van der Waals surface area contributed by atoms with E-state index in [4.69, 9.17) is 5.73 Å². The van der Waals surface area contributed by atoms with Gasteiger partial charge in [-0.2, -0.15) is 0 Å². The molecule has 0 aliphatic carbocycles. The zero-order valence-corrected chi connectivity index (χ0v) is 10.8. The summed E-state index contributed by atoms with van der Waals surface area (Å²) < 4.78 is 0. The second-order valence-corrected chi connectivity index (χ2v) is 5.32. The molecule has 0 aliphatic heterocycles. The van der Waals surface area contributed by atoms with Gasteiger partial charge in [-0.3, -0.25) is 0 Å². The molecule has 2 N–H and O–H groups in total. The number of nitrogen functional groups attached to an aromatic ring is 1. The number of anilines is 1. The topological polar surface area (TPSA) is 26.0 Å². The Morgan fingerprint density at radius 3 is 2.24 bits per heavy atom. The van der Waals surface area contributed by atoms with Gasteiger partial charge in [0.2, 0.25) is 0 Å². The summed E-state index contributed by atoms with van der Waals surface area (Å²) in [6.45, 7) is 2.12. The average molecular weight is 243 g/mol. The zero-order valence-electron chi connectivity index (χ0n) is 10.0. The van der Waals surface area contributed by atoms with Crippen molar-refractivity contribution in [3.8, 4) is 0 Å². The van der Waals surface area contributed by atoms with Crippen LogP contribution in [0.1, 0.15) is 11.1 Å². The summed E-state index contributed by atoms with van der Waals surface area (Å²) in [6, 6.07) is 16.8. The van der Waals surface area contributed by atoms with E-state index in [0.29, 0.717) is 0 Å². The van der Waals surface area contributed by atoms with E-state index in [2.05, 4.69) is 43.3 Å². The molecule has 2 aromatic carbocycles. The van der Waals surface area contributed by atoms with Crippen molar-refractivity contribution in [3.05, 3.63) is 59.7 Å². The Balaban J connectivity index is 1.83. The van der Waals surface area contributed by atoms with Crippen LogP contribution in [0.25, 0.3) is 0 Å². The van der Waals surface area contributed by atoms with Crippen molar-refractivity contribution in [1.82, 2.24) is 0 Å². The SMILES string of the molecule is Cc1ccc(CCSc2ccc(N)cc2)cc1. The van der Waals surface area contributed by atoms with E-state index >= 15 is 0 Å². The minimum Gasteiger partial charge on any atom is -0.399 e. The van der Waals surface area contributed by atoms with Gasteiger partial charge in [-0.25, -0.2) is 0 Å². The molecule has 2 heteroatoms. The second kappa shape index (κ2) is 5.78. The van der Waals surface area contributed by atoms with E-state index in [-0.39, 0.29) is 0 Å². The van der Waals surface area contributed by atoms with Crippen LogP contribution < -0.4 is 5.73 Å². The van der Waals surface area contributed by atoms with Crippen LogP contribution in [-0.2, 0) is 6.42 Å². The number of nitrogens with two attached hydrogens (primary N) is 1. The summed E-state index contributed by atoms with van der Waals surface area (Å²) >= 11 is 1.87. The molecule has 2 rings (SSSR count). The molecular formula is C15H17NS. The van der Waals surface area contributed by atoms with Gasteiger partial charge in [0, 0.05) is 16.3 Å². The predicted molar refractivity (Wildman–Crippen MR) is 76.5 cm³/mol. The Morgan fingerprint density at radius 1 is 0.941 bits per heavy atom. The molecule has 0 radical (unpaired) electrons. The fraction of sp³-hybridized carbons (Fsp3) is 0.200. The van der Waals surface area contributed by atoms with Gasteiger partial charge in [0.1, 0.15) is 0 Å². The number of hydrogen-bond donors (Lipinski definition) is 1. The van der Waals surface area contributed by atoms with E-state index in [1.54, 1.807) is 0 Å². The summed E-state index contributed by atoms with van der Waals surface area (Å²) in [6.07, 6.45) is 1.11. The van der Waals surface area contributed by atoms with Crippen LogP contribution in [0.5, 0.6) is 0 Å². The second-order valence-electron chi connectivity index (χ2n) is 4.15. The van der Waals surface area contributed by atoms with Crippen molar-refractivity contribution >= 4 is 17.4 Å². The van der Waals surface area contributed by atoms with Crippen LogP contribution >= 0.6 is 11.8 Å². The molecule has 0 aromatic heterocycles. The molecule has 0 saturated carbocycles. The zero-order chi connectivity index (χ0) is 12.1. The quantitative estimate of drug-likeness (QED) is 0.651.